The highest BCUT2D eigenvalue weighted by atomic mass is 35.5. The van der Waals surface area contributed by atoms with Crippen LogP contribution in [-0.4, -0.2) is 22.6 Å². The molecule has 1 aromatic heterocycles. The SMILES string of the molecule is NCCC(C(=O)Nc1ccc2[nH]ncc2c1)c1cccc(Cl)c1F. The number of H-pyrrole nitrogens is 1. The molecule has 4 N–H and O–H groups in total. The Morgan fingerprint density at radius 1 is 1.38 bits per heavy atom. The van der Waals surface area contributed by atoms with E-state index >= 15 is 0 Å². The van der Waals surface area contributed by atoms with Crippen molar-refractivity contribution in [2.45, 2.75) is 12.3 Å². The fraction of sp³-hybridized carbons (Fsp3) is 0.176. The lowest BCUT2D eigenvalue weighted by molar-refractivity contribution is -0.117. The Balaban J connectivity index is 1.87. The highest BCUT2D eigenvalue weighted by molar-refractivity contribution is 6.30. The Morgan fingerprint density at radius 3 is 3.00 bits per heavy atom. The quantitative estimate of drug-likeness (QED) is 0.661. The van der Waals surface area contributed by atoms with Crippen molar-refractivity contribution in [2.75, 3.05) is 11.9 Å². The van der Waals surface area contributed by atoms with E-state index in [1.54, 1.807) is 30.5 Å². The number of nitrogens with zero attached hydrogens (tertiary/aromatic N) is 1. The van der Waals surface area contributed by atoms with Crippen LogP contribution in [0, 0.1) is 5.82 Å². The zero-order valence-electron chi connectivity index (χ0n) is 12.7. The lowest BCUT2D eigenvalue weighted by atomic mass is 9.94. The molecule has 0 aliphatic rings. The molecule has 0 aliphatic carbocycles. The molecule has 1 heterocycles. The van der Waals surface area contributed by atoms with Gasteiger partial charge in [0.25, 0.3) is 0 Å². The number of hydrogen-bond acceptors (Lipinski definition) is 3. The number of rotatable bonds is 5. The van der Waals surface area contributed by atoms with Crippen LogP contribution in [0.5, 0.6) is 0 Å². The topological polar surface area (TPSA) is 83.8 Å². The maximum Gasteiger partial charge on any atom is 0.232 e. The smallest absolute Gasteiger partial charge is 0.232 e. The minimum atomic E-state index is -0.714. The van der Waals surface area contributed by atoms with Gasteiger partial charge in [-0.2, -0.15) is 5.10 Å². The molecule has 0 fully saturated rings. The van der Waals surface area contributed by atoms with Gasteiger partial charge in [0.1, 0.15) is 5.82 Å². The molecular formula is C17H16ClFN4O. The Hall–Kier alpha value is -2.44. The average molecular weight is 347 g/mol. The molecule has 0 radical (unpaired) electrons. The maximum absolute atomic E-state index is 14.3. The summed E-state index contributed by atoms with van der Waals surface area (Å²) in [5.74, 6) is -1.63. The third-order valence-corrected chi connectivity index (χ3v) is 4.13. The number of fused-ring (bicyclic) bond motifs is 1. The van der Waals surface area contributed by atoms with Crippen molar-refractivity contribution in [1.82, 2.24) is 10.2 Å². The van der Waals surface area contributed by atoms with E-state index in [9.17, 15) is 9.18 Å². The summed E-state index contributed by atoms with van der Waals surface area (Å²) in [6, 6.07) is 9.99. The number of amides is 1. The number of hydrogen-bond donors (Lipinski definition) is 3. The number of anilines is 1. The van der Waals surface area contributed by atoms with Crippen LogP contribution in [-0.2, 0) is 4.79 Å². The van der Waals surface area contributed by atoms with E-state index in [0.717, 1.165) is 10.9 Å². The minimum absolute atomic E-state index is 0.0119. The van der Waals surface area contributed by atoms with Gasteiger partial charge in [0.15, 0.2) is 0 Å². The number of aromatic amines is 1. The summed E-state index contributed by atoms with van der Waals surface area (Å²) >= 11 is 5.83. The number of nitrogens with two attached hydrogens (primary N) is 1. The van der Waals surface area contributed by atoms with Crippen LogP contribution in [0.2, 0.25) is 5.02 Å². The number of carbonyl (C=O) groups is 1. The molecule has 124 valence electrons. The van der Waals surface area contributed by atoms with Gasteiger partial charge in [-0.3, -0.25) is 9.89 Å². The molecule has 1 amide bonds. The second-order valence-corrected chi connectivity index (χ2v) is 5.84. The Kier molecular flexibility index (Phi) is 4.78. The van der Waals surface area contributed by atoms with E-state index in [1.807, 2.05) is 6.07 Å². The number of aromatic nitrogens is 2. The lowest BCUT2D eigenvalue weighted by Crippen LogP contribution is -2.24. The van der Waals surface area contributed by atoms with Crippen LogP contribution >= 0.6 is 11.6 Å². The first-order valence-electron chi connectivity index (χ1n) is 7.48. The molecule has 0 bridgehead atoms. The van der Waals surface area contributed by atoms with Crippen molar-refractivity contribution in [2.24, 2.45) is 5.73 Å². The fourth-order valence-corrected chi connectivity index (χ4v) is 2.82. The van der Waals surface area contributed by atoms with Crippen molar-refractivity contribution in [3.8, 4) is 0 Å². The number of benzene rings is 2. The summed E-state index contributed by atoms with van der Waals surface area (Å²) in [5.41, 5.74) is 7.32. The van der Waals surface area contributed by atoms with E-state index < -0.39 is 11.7 Å². The third-order valence-electron chi connectivity index (χ3n) is 3.84. The third kappa shape index (κ3) is 3.25. The van der Waals surface area contributed by atoms with E-state index in [-0.39, 0.29) is 23.0 Å². The van der Waals surface area contributed by atoms with Crippen LogP contribution in [0.1, 0.15) is 17.9 Å². The van der Waals surface area contributed by atoms with Crippen molar-refractivity contribution in [3.05, 3.63) is 59.0 Å². The van der Waals surface area contributed by atoms with E-state index in [2.05, 4.69) is 15.5 Å². The molecule has 0 saturated carbocycles. The zero-order chi connectivity index (χ0) is 17.1. The first-order chi connectivity index (χ1) is 11.6. The molecule has 0 saturated heterocycles. The molecule has 3 aromatic rings. The molecule has 2 aromatic carbocycles. The summed E-state index contributed by atoms with van der Waals surface area (Å²) < 4.78 is 14.3. The highest BCUT2D eigenvalue weighted by Crippen LogP contribution is 2.28. The van der Waals surface area contributed by atoms with E-state index in [0.29, 0.717) is 12.1 Å². The van der Waals surface area contributed by atoms with Gasteiger partial charge in [-0.1, -0.05) is 23.7 Å². The van der Waals surface area contributed by atoms with Crippen molar-refractivity contribution < 1.29 is 9.18 Å². The molecule has 1 atom stereocenters. The summed E-state index contributed by atoms with van der Waals surface area (Å²) in [5, 5.41) is 10.4. The van der Waals surface area contributed by atoms with Gasteiger partial charge < -0.3 is 11.1 Å². The van der Waals surface area contributed by atoms with Gasteiger partial charge in [-0.15, -0.1) is 0 Å². The summed E-state index contributed by atoms with van der Waals surface area (Å²) in [4.78, 5) is 12.6. The zero-order valence-corrected chi connectivity index (χ0v) is 13.5. The van der Waals surface area contributed by atoms with Gasteiger partial charge in [0, 0.05) is 16.6 Å². The van der Waals surface area contributed by atoms with Crippen molar-refractivity contribution >= 4 is 34.1 Å². The predicted octanol–water partition coefficient (Wildman–Crippen LogP) is 3.43. The van der Waals surface area contributed by atoms with Crippen LogP contribution in [0.4, 0.5) is 10.1 Å². The second-order valence-electron chi connectivity index (χ2n) is 5.43. The molecule has 0 spiro atoms. The number of carbonyl (C=O) groups excluding carboxylic acids is 1. The average Bonchev–Trinajstić information content (AvgIpc) is 3.03. The Labute approximate surface area is 143 Å². The van der Waals surface area contributed by atoms with Crippen LogP contribution in [0.15, 0.2) is 42.6 Å². The summed E-state index contributed by atoms with van der Waals surface area (Å²) in [6.07, 6.45) is 1.98. The van der Waals surface area contributed by atoms with Gasteiger partial charge in [0.05, 0.1) is 22.7 Å². The van der Waals surface area contributed by atoms with E-state index in [1.165, 1.54) is 6.07 Å². The summed E-state index contributed by atoms with van der Waals surface area (Å²) in [6.45, 7) is 0.255. The molecule has 1 unspecified atom stereocenters. The van der Waals surface area contributed by atoms with Crippen molar-refractivity contribution in [1.29, 1.82) is 0 Å². The number of nitrogens with one attached hydrogen (secondary N) is 2. The largest absolute Gasteiger partial charge is 0.330 e. The Morgan fingerprint density at radius 2 is 2.21 bits per heavy atom. The summed E-state index contributed by atoms with van der Waals surface area (Å²) in [7, 11) is 0. The fourth-order valence-electron chi connectivity index (χ4n) is 2.63. The second kappa shape index (κ2) is 6.98. The molecular weight excluding hydrogens is 331 g/mol. The normalized spacial score (nSPS) is 12.3. The molecule has 3 rings (SSSR count). The van der Waals surface area contributed by atoms with Crippen LogP contribution < -0.4 is 11.1 Å². The standard InChI is InChI=1S/C17H16ClFN4O/c18-14-3-1-2-12(16(14)19)13(6-7-20)17(24)22-11-4-5-15-10(8-11)9-21-23-15/h1-5,8-9,13H,6-7,20H2,(H,21,23)(H,22,24). The monoisotopic (exact) mass is 346 g/mol. The molecule has 0 aliphatic heterocycles. The van der Waals surface area contributed by atoms with Gasteiger partial charge >= 0.3 is 0 Å². The van der Waals surface area contributed by atoms with Crippen molar-refractivity contribution in [3.63, 3.8) is 0 Å². The lowest BCUT2D eigenvalue weighted by Gasteiger charge is -2.17. The molecule has 7 heteroatoms. The maximum atomic E-state index is 14.3. The van der Waals surface area contributed by atoms with Gasteiger partial charge in [0.2, 0.25) is 5.91 Å². The predicted molar refractivity (Wildman–Crippen MR) is 92.5 cm³/mol. The first-order valence-corrected chi connectivity index (χ1v) is 7.86. The van der Waals surface area contributed by atoms with Gasteiger partial charge in [-0.25, -0.2) is 4.39 Å². The highest BCUT2D eigenvalue weighted by Gasteiger charge is 2.24. The van der Waals surface area contributed by atoms with Crippen LogP contribution in [0.3, 0.4) is 0 Å². The van der Waals surface area contributed by atoms with Crippen LogP contribution in [0.25, 0.3) is 10.9 Å². The van der Waals surface area contributed by atoms with Gasteiger partial charge in [-0.05, 0) is 37.2 Å². The van der Waals surface area contributed by atoms with E-state index in [4.69, 9.17) is 17.3 Å². The first kappa shape index (κ1) is 16.4. The number of halogens is 2. The Bertz CT molecular complexity index is 880. The minimum Gasteiger partial charge on any atom is -0.330 e. The molecule has 24 heavy (non-hydrogen) atoms. The molecule has 5 nitrogen and oxygen atoms in total.